The number of nitrogens with one attached hydrogen (secondary N) is 1. The first-order valence-corrected chi connectivity index (χ1v) is 21.4. The van der Waals surface area contributed by atoms with E-state index in [4.69, 9.17) is 6.58 Å². The minimum absolute atomic E-state index is 0.132. The fraction of sp³-hybridized carbons (Fsp3) is 0.0847. The molecule has 302 valence electrons. The zero-order valence-corrected chi connectivity index (χ0v) is 35.7. The van der Waals surface area contributed by atoms with Gasteiger partial charge in [-0.25, -0.2) is 0 Å². The Hall–Kier alpha value is -7.62. The van der Waals surface area contributed by atoms with Crippen molar-refractivity contribution in [3.05, 3.63) is 259 Å². The van der Waals surface area contributed by atoms with E-state index in [1.165, 1.54) is 33.4 Å². The predicted octanol–water partition coefficient (Wildman–Crippen LogP) is 16.3. The van der Waals surface area contributed by atoms with Crippen LogP contribution in [0, 0.1) is 0 Å². The molecule has 7 aromatic carbocycles. The van der Waals surface area contributed by atoms with E-state index in [1.54, 1.807) is 0 Å². The topological polar surface area (TPSA) is 18.5 Å². The first-order chi connectivity index (χ1) is 30.3. The van der Waals surface area contributed by atoms with Gasteiger partial charge in [0.15, 0.2) is 0 Å². The van der Waals surface area contributed by atoms with Gasteiger partial charge in [0.1, 0.15) is 0 Å². The van der Waals surface area contributed by atoms with Gasteiger partial charge in [0.05, 0.1) is 5.70 Å². The molecule has 1 heterocycles. The number of hydrogen-bond donors (Lipinski definition) is 1. The lowest BCUT2D eigenvalue weighted by atomic mass is 9.82. The molecule has 0 fully saturated rings. The molecule has 3 heteroatoms. The molecule has 1 aliphatic carbocycles. The number of allylic oxidation sites excluding steroid dienone is 8. The molecular weight excluding hydrogens is 751 g/mol. The lowest BCUT2D eigenvalue weighted by Crippen LogP contribution is -2.23. The molecule has 1 aliphatic heterocycles. The Morgan fingerprint density at radius 3 is 2.00 bits per heavy atom. The molecule has 0 spiro atoms. The third kappa shape index (κ3) is 7.66. The van der Waals surface area contributed by atoms with E-state index in [0.717, 1.165) is 68.6 Å². The average molecular weight is 802 g/mol. The van der Waals surface area contributed by atoms with Crippen molar-refractivity contribution in [1.29, 1.82) is 0 Å². The summed E-state index contributed by atoms with van der Waals surface area (Å²) >= 11 is 0. The summed E-state index contributed by atoms with van der Waals surface area (Å²) in [4.78, 5) is 4.64. The van der Waals surface area contributed by atoms with Gasteiger partial charge in [-0.3, -0.25) is 0 Å². The second-order valence-electron chi connectivity index (χ2n) is 16.4. The van der Waals surface area contributed by atoms with Crippen LogP contribution in [0.4, 0.5) is 34.1 Å². The van der Waals surface area contributed by atoms with Crippen LogP contribution in [-0.2, 0) is 5.41 Å². The molecule has 1 N–H and O–H groups in total. The summed E-state index contributed by atoms with van der Waals surface area (Å²) in [5.74, 6) is 0. The van der Waals surface area contributed by atoms with Crippen LogP contribution in [0.1, 0.15) is 43.9 Å². The van der Waals surface area contributed by atoms with Gasteiger partial charge in [0, 0.05) is 56.4 Å². The third-order valence-corrected chi connectivity index (χ3v) is 12.1. The fourth-order valence-electron chi connectivity index (χ4n) is 8.99. The maximum Gasteiger partial charge on any atom is 0.0569 e. The average Bonchev–Trinajstić information content (AvgIpc) is 3.58. The first-order valence-electron chi connectivity index (χ1n) is 21.4. The van der Waals surface area contributed by atoms with E-state index < -0.39 is 0 Å². The van der Waals surface area contributed by atoms with Gasteiger partial charge in [0.2, 0.25) is 0 Å². The normalized spacial score (nSPS) is 16.4. The maximum absolute atomic E-state index is 4.83. The van der Waals surface area contributed by atoms with Crippen molar-refractivity contribution in [2.45, 2.75) is 32.6 Å². The molecule has 0 radical (unpaired) electrons. The monoisotopic (exact) mass is 801 g/mol. The van der Waals surface area contributed by atoms with E-state index in [0.29, 0.717) is 0 Å². The quantitative estimate of drug-likeness (QED) is 0.149. The maximum atomic E-state index is 4.83. The number of benzene rings is 7. The number of rotatable bonds is 10. The van der Waals surface area contributed by atoms with Crippen LogP contribution < -0.4 is 15.1 Å². The van der Waals surface area contributed by atoms with E-state index in [1.807, 2.05) is 18.2 Å². The number of nitrogens with zero attached hydrogens (tertiary/aromatic N) is 2. The van der Waals surface area contributed by atoms with E-state index in [2.05, 4.69) is 237 Å². The highest BCUT2D eigenvalue weighted by atomic mass is 15.2. The van der Waals surface area contributed by atoms with E-state index in [9.17, 15) is 0 Å². The summed E-state index contributed by atoms with van der Waals surface area (Å²) in [6.45, 7) is 16.2. The van der Waals surface area contributed by atoms with Gasteiger partial charge in [-0.15, -0.1) is 0 Å². The highest BCUT2D eigenvalue weighted by Crippen LogP contribution is 2.51. The van der Waals surface area contributed by atoms with Gasteiger partial charge in [-0.1, -0.05) is 167 Å². The molecule has 0 unspecified atom stereocenters. The van der Waals surface area contributed by atoms with E-state index in [-0.39, 0.29) is 5.41 Å². The lowest BCUT2D eigenvalue weighted by molar-refractivity contribution is 0.660. The molecule has 0 saturated carbocycles. The van der Waals surface area contributed by atoms with Crippen molar-refractivity contribution in [2.75, 3.05) is 15.1 Å². The number of hydrogen-bond acceptors (Lipinski definition) is 3. The van der Waals surface area contributed by atoms with Crippen molar-refractivity contribution < 1.29 is 0 Å². The first kappa shape index (κ1) is 39.8. The third-order valence-electron chi connectivity index (χ3n) is 12.1. The summed E-state index contributed by atoms with van der Waals surface area (Å²) in [7, 11) is 0. The van der Waals surface area contributed by atoms with Gasteiger partial charge in [-0.2, -0.15) is 0 Å². The number of para-hydroxylation sites is 2. The van der Waals surface area contributed by atoms with Crippen LogP contribution in [-0.4, -0.2) is 0 Å². The predicted molar refractivity (Wildman–Crippen MR) is 266 cm³/mol. The lowest BCUT2D eigenvalue weighted by Gasteiger charge is -2.33. The molecule has 0 aromatic heterocycles. The number of anilines is 6. The van der Waals surface area contributed by atoms with Crippen LogP contribution in [0.25, 0.3) is 27.8 Å². The highest BCUT2D eigenvalue weighted by Gasteiger charge is 2.36. The van der Waals surface area contributed by atoms with Gasteiger partial charge >= 0.3 is 0 Å². The molecule has 2 aliphatic rings. The summed E-state index contributed by atoms with van der Waals surface area (Å²) in [5, 5.41) is 3.66. The second-order valence-corrected chi connectivity index (χ2v) is 16.4. The van der Waals surface area contributed by atoms with Crippen molar-refractivity contribution in [2.24, 2.45) is 0 Å². The zero-order valence-electron chi connectivity index (χ0n) is 35.7. The van der Waals surface area contributed by atoms with Crippen LogP contribution in [0.3, 0.4) is 0 Å². The van der Waals surface area contributed by atoms with Crippen LogP contribution in [0.5, 0.6) is 0 Å². The van der Waals surface area contributed by atoms with E-state index >= 15 is 0 Å². The Labute approximate surface area is 367 Å². The molecule has 0 atom stereocenters. The largest absolute Gasteiger partial charge is 0.355 e. The molecule has 3 nitrogen and oxygen atoms in total. The Morgan fingerprint density at radius 2 is 1.26 bits per heavy atom. The van der Waals surface area contributed by atoms with Gasteiger partial charge in [0.25, 0.3) is 0 Å². The Morgan fingerprint density at radius 1 is 0.645 bits per heavy atom. The van der Waals surface area contributed by atoms with Crippen molar-refractivity contribution in [3.8, 4) is 22.3 Å². The summed E-state index contributed by atoms with van der Waals surface area (Å²) in [6.07, 6.45) is 13.5. The fourth-order valence-corrected chi connectivity index (χ4v) is 8.99. The highest BCUT2D eigenvalue weighted by molar-refractivity contribution is 5.92. The molecule has 0 amide bonds. The van der Waals surface area contributed by atoms with Crippen molar-refractivity contribution in [3.63, 3.8) is 0 Å². The van der Waals surface area contributed by atoms with Crippen LogP contribution in [0.15, 0.2) is 243 Å². The summed E-state index contributed by atoms with van der Waals surface area (Å²) in [6, 6.07) is 62.9. The van der Waals surface area contributed by atoms with Gasteiger partial charge < -0.3 is 15.1 Å². The summed E-state index contributed by atoms with van der Waals surface area (Å²) < 4.78 is 0. The van der Waals surface area contributed by atoms with Crippen LogP contribution in [0.2, 0.25) is 0 Å². The van der Waals surface area contributed by atoms with Crippen molar-refractivity contribution >= 4 is 39.7 Å². The molecule has 0 saturated heterocycles. The minimum Gasteiger partial charge on any atom is -0.355 e. The van der Waals surface area contributed by atoms with Gasteiger partial charge in [-0.05, 0) is 125 Å². The smallest absolute Gasteiger partial charge is 0.0569 e. The standard InChI is InChI=1S/C59H51N3/c1-6-20-46-24-13-7-10-21-42(2)61(58(46)43(3)52-27-17-19-30-57(52)60-47-25-14-9-15-26-47)48-35-37-50(38-36-48)62(49-33-31-45(32-34-49)44-22-11-8-12-23-44)51-39-40-54-53-28-16-18-29-55(53)59(4,5)56(54)41-51/h6-23,25-41,60H,2-3,24H2,1,4-5H3/b13-7-,20-6-,21-10-,58-46-. The second kappa shape index (κ2) is 17.2. The van der Waals surface area contributed by atoms with Crippen LogP contribution >= 0.6 is 0 Å². The molecule has 0 bridgehead atoms. The summed E-state index contributed by atoms with van der Waals surface area (Å²) in [5.41, 5.74) is 18.7. The van der Waals surface area contributed by atoms with Crippen molar-refractivity contribution in [1.82, 2.24) is 0 Å². The minimum atomic E-state index is -0.132. The Balaban J connectivity index is 1.15. The zero-order chi connectivity index (χ0) is 42.6. The Kier molecular flexibility index (Phi) is 11.0. The SMILES string of the molecule is C=C(/C1=C(\C=C/C)C/C=C\C=C/C(=C)N1c1ccc(N(c2ccc(-c3ccccc3)cc2)c2ccc3c(c2)C(C)(C)c2ccccc2-3)cc1)c1ccccc1Nc1ccccc1. The molecule has 62 heavy (non-hydrogen) atoms. The number of fused-ring (bicyclic) bond motifs is 3. The molecular formula is C59H51N3. The Bertz CT molecular complexity index is 2890. The molecule has 7 aromatic rings. The molecule has 9 rings (SSSR count).